The average molecular weight is 146 g/mol. The van der Waals surface area contributed by atoms with Crippen LogP contribution >= 0.6 is 0 Å². The molecule has 0 rings (SSSR count). The van der Waals surface area contributed by atoms with Crippen molar-refractivity contribution >= 4 is 5.97 Å². The number of hydrogen-bond acceptors (Lipinski definition) is 2. The number of halogens is 1. The van der Waals surface area contributed by atoms with Crippen LogP contribution in [-0.2, 0) is 9.53 Å². The van der Waals surface area contributed by atoms with E-state index in [9.17, 15) is 9.18 Å². The van der Waals surface area contributed by atoms with Gasteiger partial charge in [0.1, 0.15) is 0 Å². The van der Waals surface area contributed by atoms with E-state index in [1.807, 2.05) is 0 Å². The summed E-state index contributed by atoms with van der Waals surface area (Å²) in [7, 11) is 1.33. The van der Waals surface area contributed by atoms with E-state index in [1.165, 1.54) is 7.11 Å². The molecule has 58 valence electrons. The molecule has 0 aromatic heterocycles. The van der Waals surface area contributed by atoms with E-state index >= 15 is 0 Å². The number of ether oxygens (including phenoxy) is 1. The summed E-state index contributed by atoms with van der Waals surface area (Å²) >= 11 is 0. The first kappa shape index (κ1) is 11.6. The lowest BCUT2D eigenvalue weighted by Gasteiger charge is -1.91. The Hall–Kier alpha value is -1.12. The van der Waals surface area contributed by atoms with Gasteiger partial charge in [0.25, 0.3) is 0 Å². The second-order valence-electron chi connectivity index (χ2n) is 1.43. The Bertz CT molecular complexity index is 130. The molecule has 0 aromatic rings. The molecule has 0 heterocycles. The lowest BCUT2D eigenvalue weighted by Crippen LogP contribution is -1.98. The fourth-order valence-corrected chi connectivity index (χ4v) is 0.174. The molecule has 0 radical (unpaired) electrons. The van der Waals surface area contributed by atoms with Crippen LogP contribution in [0.5, 0.6) is 0 Å². The van der Waals surface area contributed by atoms with Gasteiger partial charge in [0, 0.05) is 5.57 Å². The average Bonchev–Trinajstić information content (AvgIpc) is 1.88. The van der Waals surface area contributed by atoms with Gasteiger partial charge in [-0.15, -0.1) is 0 Å². The van der Waals surface area contributed by atoms with Crippen molar-refractivity contribution < 1.29 is 13.9 Å². The normalized spacial score (nSPS) is 6.70. The largest absolute Gasteiger partial charge is 0.466 e. The van der Waals surface area contributed by atoms with Gasteiger partial charge in [0.2, 0.25) is 0 Å². The summed E-state index contributed by atoms with van der Waals surface area (Å²) in [4.78, 5) is 10.2. The van der Waals surface area contributed by atoms with E-state index in [0.717, 1.165) is 0 Å². The Morgan fingerprint density at radius 1 is 1.70 bits per heavy atom. The number of carbonyl (C=O) groups is 1. The van der Waals surface area contributed by atoms with E-state index in [4.69, 9.17) is 0 Å². The molecule has 0 N–H and O–H groups in total. The summed E-state index contributed by atoms with van der Waals surface area (Å²) in [5.74, 6) is -0.347. The molecular weight excluding hydrogens is 135 g/mol. The van der Waals surface area contributed by atoms with E-state index in [0.29, 0.717) is 5.57 Å². The third-order valence-corrected chi connectivity index (χ3v) is 0.534. The summed E-state index contributed by atoms with van der Waals surface area (Å²) < 4.78 is 14.3. The number of hydrogen-bond donors (Lipinski definition) is 0. The third-order valence-electron chi connectivity index (χ3n) is 0.534. The molecule has 0 saturated carbocycles. The highest BCUT2D eigenvalue weighted by atomic mass is 19.1. The highest BCUT2D eigenvalue weighted by Gasteiger charge is 1.95. The minimum Gasteiger partial charge on any atom is -0.466 e. The van der Waals surface area contributed by atoms with Crippen LogP contribution in [0.1, 0.15) is 6.92 Å². The number of carbonyl (C=O) groups excluding carboxylic acids is 1. The smallest absolute Gasteiger partial charge is 0.332 e. The predicted octanol–water partition coefficient (Wildman–Crippen LogP) is 1.83. The van der Waals surface area contributed by atoms with Crippen molar-refractivity contribution in [1.29, 1.82) is 0 Å². The van der Waals surface area contributed by atoms with Crippen molar-refractivity contribution in [1.82, 2.24) is 0 Å². The fraction of sp³-hybridized carbons (Fsp3) is 0.286. The van der Waals surface area contributed by atoms with Crippen molar-refractivity contribution in [2.75, 3.05) is 7.11 Å². The van der Waals surface area contributed by atoms with Crippen molar-refractivity contribution in [3.8, 4) is 0 Å². The Morgan fingerprint density at radius 3 is 2.00 bits per heavy atom. The SMILES string of the molecule is C=C(C)C(=O)OC.C=CF. The molecule has 0 bridgehead atoms. The Morgan fingerprint density at radius 2 is 2.00 bits per heavy atom. The molecule has 0 aliphatic heterocycles. The molecule has 0 aliphatic carbocycles. The summed E-state index contributed by atoms with van der Waals surface area (Å²) in [6.45, 7) is 7.65. The lowest BCUT2D eigenvalue weighted by molar-refractivity contribution is -0.136. The van der Waals surface area contributed by atoms with Crippen LogP contribution in [-0.4, -0.2) is 13.1 Å². The summed E-state index contributed by atoms with van der Waals surface area (Å²) in [5.41, 5.74) is 0.433. The van der Waals surface area contributed by atoms with Gasteiger partial charge < -0.3 is 4.74 Å². The van der Waals surface area contributed by atoms with E-state index < -0.39 is 0 Å². The van der Waals surface area contributed by atoms with E-state index in [1.54, 1.807) is 6.92 Å². The predicted molar refractivity (Wildman–Crippen MR) is 38.1 cm³/mol. The standard InChI is InChI=1S/C5H8O2.C2H3F/c1-4(2)5(6)7-3;1-2-3/h1H2,2-3H3;2H,1H2. The molecule has 0 fully saturated rings. The molecule has 3 heteroatoms. The van der Waals surface area contributed by atoms with E-state index in [2.05, 4.69) is 17.9 Å². The first-order valence-electron chi connectivity index (χ1n) is 2.55. The van der Waals surface area contributed by atoms with Crippen LogP contribution in [0, 0.1) is 0 Å². The van der Waals surface area contributed by atoms with E-state index in [-0.39, 0.29) is 12.3 Å². The Kier molecular flexibility index (Phi) is 9.18. The Labute approximate surface area is 60.0 Å². The number of esters is 1. The third kappa shape index (κ3) is 9.99. The molecule has 0 atom stereocenters. The minimum absolute atomic E-state index is 0.250. The number of methoxy groups -OCH3 is 1. The summed E-state index contributed by atoms with van der Waals surface area (Å²) in [6.07, 6.45) is 0.250. The summed E-state index contributed by atoms with van der Waals surface area (Å²) in [5, 5.41) is 0. The van der Waals surface area contributed by atoms with Crippen LogP contribution < -0.4 is 0 Å². The van der Waals surface area contributed by atoms with Crippen molar-refractivity contribution in [2.45, 2.75) is 6.92 Å². The summed E-state index contributed by atoms with van der Waals surface area (Å²) in [6, 6.07) is 0. The molecule has 0 spiro atoms. The van der Waals surface area contributed by atoms with Gasteiger partial charge in [0.15, 0.2) is 0 Å². The van der Waals surface area contributed by atoms with Crippen molar-refractivity contribution in [2.24, 2.45) is 0 Å². The zero-order valence-corrected chi connectivity index (χ0v) is 6.19. The maximum absolute atomic E-state index is 10.2. The number of rotatable bonds is 1. The minimum atomic E-state index is -0.347. The molecular formula is C7H11FO2. The van der Waals surface area contributed by atoms with Gasteiger partial charge in [-0.25, -0.2) is 9.18 Å². The van der Waals surface area contributed by atoms with Gasteiger partial charge in [-0.2, -0.15) is 0 Å². The topological polar surface area (TPSA) is 26.3 Å². The monoisotopic (exact) mass is 146 g/mol. The van der Waals surface area contributed by atoms with Gasteiger partial charge in [-0.05, 0) is 6.92 Å². The molecule has 0 aromatic carbocycles. The molecule has 0 aliphatic rings. The van der Waals surface area contributed by atoms with Crippen LogP contribution in [0.2, 0.25) is 0 Å². The zero-order chi connectivity index (χ0) is 8.57. The lowest BCUT2D eigenvalue weighted by atomic mass is 10.4. The molecule has 10 heavy (non-hydrogen) atoms. The first-order valence-corrected chi connectivity index (χ1v) is 2.55. The quantitative estimate of drug-likeness (QED) is 0.416. The first-order chi connectivity index (χ1) is 4.59. The van der Waals surface area contributed by atoms with Crippen LogP contribution in [0.3, 0.4) is 0 Å². The Balaban J connectivity index is 0. The second kappa shape index (κ2) is 7.88. The van der Waals surface area contributed by atoms with Crippen LogP contribution in [0.25, 0.3) is 0 Å². The maximum Gasteiger partial charge on any atom is 0.332 e. The zero-order valence-electron chi connectivity index (χ0n) is 6.19. The van der Waals surface area contributed by atoms with Gasteiger partial charge in [0.05, 0.1) is 13.4 Å². The second-order valence-corrected chi connectivity index (χ2v) is 1.43. The van der Waals surface area contributed by atoms with Crippen LogP contribution in [0.15, 0.2) is 25.1 Å². The van der Waals surface area contributed by atoms with Crippen molar-refractivity contribution in [3.05, 3.63) is 25.1 Å². The highest BCUT2D eigenvalue weighted by molar-refractivity contribution is 5.86. The van der Waals surface area contributed by atoms with Gasteiger partial charge in [-0.1, -0.05) is 13.2 Å². The van der Waals surface area contributed by atoms with Gasteiger partial charge >= 0.3 is 5.97 Å². The molecule has 0 unspecified atom stereocenters. The molecule has 2 nitrogen and oxygen atoms in total. The maximum atomic E-state index is 10.2. The molecule has 0 saturated heterocycles. The van der Waals surface area contributed by atoms with Crippen LogP contribution in [0.4, 0.5) is 4.39 Å². The molecule has 0 amide bonds. The van der Waals surface area contributed by atoms with Crippen molar-refractivity contribution in [3.63, 3.8) is 0 Å². The fourth-order valence-electron chi connectivity index (χ4n) is 0.174. The van der Waals surface area contributed by atoms with Gasteiger partial charge in [-0.3, -0.25) is 0 Å². The highest BCUT2D eigenvalue weighted by Crippen LogP contribution is 1.87.